The molecule has 0 bridgehead atoms. The Morgan fingerprint density at radius 3 is 2.31 bits per heavy atom. The Bertz CT molecular complexity index is 1100. The van der Waals surface area contributed by atoms with Gasteiger partial charge in [0.15, 0.2) is 5.69 Å². The van der Waals surface area contributed by atoms with Crippen LogP contribution in [0.15, 0.2) is 24.3 Å². The zero-order valence-electron chi connectivity index (χ0n) is 21.2. The van der Waals surface area contributed by atoms with Gasteiger partial charge in [0.25, 0.3) is 5.91 Å². The third-order valence-electron chi connectivity index (χ3n) is 7.03. The summed E-state index contributed by atoms with van der Waals surface area (Å²) in [5, 5.41) is 7.61. The molecule has 1 aliphatic heterocycles. The molecule has 8 heteroatoms. The third kappa shape index (κ3) is 5.11. The molecule has 1 aliphatic carbocycles. The van der Waals surface area contributed by atoms with Gasteiger partial charge in [0.2, 0.25) is 5.91 Å². The van der Waals surface area contributed by atoms with Crippen molar-refractivity contribution in [2.75, 3.05) is 11.5 Å². The van der Waals surface area contributed by atoms with Crippen molar-refractivity contribution in [2.45, 2.75) is 90.8 Å². The molecule has 1 aromatic carbocycles. The largest absolute Gasteiger partial charge is 0.461 e. The number of nitrogens with one attached hydrogen (secondary N) is 1. The number of ether oxygens (including phenoxy) is 1. The Kier molecular flexibility index (Phi) is 7.28. The second-order valence-electron chi connectivity index (χ2n) is 10.1. The summed E-state index contributed by atoms with van der Waals surface area (Å²) in [6.07, 6.45) is 7.69. The predicted molar refractivity (Wildman–Crippen MR) is 134 cm³/mol. The number of nitrogens with zero attached hydrogens (tertiary/aromatic N) is 3. The number of aryl methyl sites for hydroxylation is 2. The standard InChI is InChI=1S/C27H36N4O4/c1-5-35-25(33)22-16-23-24(32)31(21-14-18(2)13-19(3)15-21)27(4,17-30(23)29-22)26(34)28-20-11-9-7-6-8-10-12-20/h13-16,20H,5-12,17H2,1-4H3,(H,28,34)/t27-/m0/s1. The number of carbonyl (C=O) groups excluding carboxylic acids is 3. The number of hydrogen-bond donors (Lipinski definition) is 1. The number of carbonyl (C=O) groups is 3. The van der Waals surface area contributed by atoms with Crippen molar-refractivity contribution in [3.63, 3.8) is 0 Å². The Morgan fingerprint density at radius 1 is 1.06 bits per heavy atom. The van der Waals surface area contributed by atoms with Crippen molar-refractivity contribution < 1.29 is 19.1 Å². The van der Waals surface area contributed by atoms with Gasteiger partial charge in [-0.25, -0.2) is 4.79 Å². The normalized spacial score (nSPS) is 21.1. The summed E-state index contributed by atoms with van der Waals surface area (Å²) in [5.41, 5.74) is 1.78. The molecule has 1 N–H and O–H groups in total. The first-order valence-corrected chi connectivity index (χ1v) is 12.7. The molecule has 2 heterocycles. The van der Waals surface area contributed by atoms with E-state index in [-0.39, 0.29) is 42.4 Å². The average molecular weight is 481 g/mol. The smallest absolute Gasteiger partial charge is 0.358 e. The van der Waals surface area contributed by atoms with Crippen LogP contribution < -0.4 is 10.2 Å². The highest BCUT2D eigenvalue weighted by Crippen LogP contribution is 2.34. The molecule has 188 valence electrons. The molecule has 1 atom stereocenters. The number of hydrogen-bond acceptors (Lipinski definition) is 5. The molecule has 0 unspecified atom stereocenters. The van der Waals surface area contributed by atoms with Crippen molar-refractivity contribution in [3.8, 4) is 0 Å². The Hall–Kier alpha value is -3.16. The summed E-state index contributed by atoms with van der Waals surface area (Å²) in [7, 11) is 0. The summed E-state index contributed by atoms with van der Waals surface area (Å²) in [4.78, 5) is 41.7. The van der Waals surface area contributed by atoms with Crippen LogP contribution >= 0.6 is 0 Å². The van der Waals surface area contributed by atoms with Crippen molar-refractivity contribution in [3.05, 3.63) is 46.8 Å². The number of rotatable bonds is 5. The molecule has 0 spiro atoms. The first-order chi connectivity index (χ1) is 16.7. The van der Waals surface area contributed by atoms with E-state index in [1.807, 2.05) is 32.0 Å². The van der Waals surface area contributed by atoms with Crippen molar-refractivity contribution in [1.82, 2.24) is 15.1 Å². The van der Waals surface area contributed by atoms with E-state index in [2.05, 4.69) is 10.4 Å². The van der Waals surface area contributed by atoms with Gasteiger partial charge in [-0.3, -0.25) is 19.2 Å². The molecule has 2 aromatic rings. The van der Waals surface area contributed by atoms with E-state index in [0.29, 0.717) is 5.69 Å². The van der Waals surface area contributed by atoms with Gasteiger partial charge in [-0.1, -0.05) is 38.2 Å². The van der Waals surface area contributed by atoms with Crippen molar-refractivity contribution in [1.29, 1.82) is 0 Å². The zero-order valence-corrected chi connectivity index (χ0v) is 21.2. The maximum Gasteiger partial charge on any atom is 0.358 e. The SMILES string of the molecule is CCOC(=O)c1cc2n(n1)C[C@@](C)(C(=O)NC1CCCCCCC1)N(c1cc(C)cc(C)c1)C2=O. The fourth-order valence-corrected chi connectivity index (χ4v) is 5.31. The summed E-state index contributed by atoms with van der Waals surface area (Å²) in [6, 6.07) is 7.43. The van der Waals surface area contributed by atoms with Gasteiger partial charge in [-0.2, -0.15) is 5.10 Å². The maximum atomic E-state index is 13.9. The van der Waals surface area contributed by atoms with E-state index in [1.54, 1.807) is 18.7 Å². The van der Waals surface area contributed by atoms with E-state index in [9.17, 15) is 14.4 Å². The van der Waals surface area contributed by atoms with Crippen LogP contribution in [0.3, 0.4) is 0 Å². The van der Waals surface area contributed by atoms with Crippen LogP contribution in [0.4, 0.5) is 5.69 Å². The number of fused-ring (bicyclic) bond motifs is 1. The highest BCUT2D eigenvalue weighted by atomic mass is 16.5. The molecular formula is C27H36N4O4. The molecule has 0 saturated heterocycles. The lowest BCUT2D eigenvalue weighted by Gasteiger charge is -2.44. The maximum absolute atomic E-state index is 13.9. The Morgan fingerprint density at radius 2 is 1.69 bits per heavy atom. The highest BCUT2D eigenvalue weighted by molar-refractivity contribution is 6.12. The van der Waals surface area contributed by atoms with Gasteiger partial charge < -0.3 is 10.1 Å². The van der Waals surface area contributed by atoms with Crippen molar-refractivity contribution in [2.24, 2.45) is 0 Å². The quantitative estimate of drug-likeness (QED) is 0.643. The summed E-state index contributed by atoms with van der Waals surface area (Å²) in [5.74, 6) is -1.14. The molecule has 8 nitrogen and oxygen atoms in total. The van der Waals surface area contributed by atoms with E-state index < -0.39 is 11.5 Å². The monoisotopic (exact) mass is 480 g/mol. The molecule has 1 fully saturated rings. The number of amides is 2. The van der Waals surface area contributed by atoms with Gasteiger partial charge in [-0.05, 0) is 63.8 Å². The lowest BCUT2D eigenvalue weighted by Crippen LogP contribution is -2.65. The van der Waals surface area contributed by atoms with Gasteiger partial charge >= 0.3 is 5.97 Å². The molecule has 0 radical (unpaired) electrons. The first-order valence-electron chi connectivity index (χ1n) is 12.7. The highest BCUT2D eigenvalue weighted by Gasteiger charge is 2.49. The number of benzene rings is 1. The molecular weight excluding hydrogens is 444 g/mol. The number of anilines is 1. The predicted octanol–water partition coefficient (Wildman–Crippen LogP) is 4.32. The van der Waals surface area contributed by atoms with Crippen LogP contribution in [0, 0.1) is 13.8 Å². The summed E-state index contributed by atoms with van der Waals surface area (Å²) in [6.45, 7) is 7.80. The second-order valence-corrected chi connectivity index (χ2v) is 10.1. The lowest BCUT2D eigenvalue weighted by atomic mass is 9.91. The van der Waals surface area contributed by atoms with Gasteiger partial charge in [-0.15, -0.1) is 0 Å². The molecule has 35 heavy (non-hydrogen) atoms. The third-order valence-corrected chi connectivity index (χ3v) is 7.03. The number of esters is 1. The minimum Gasteiger partial charge on any atom is -0.461 e. The summed E-state index contributed by atoms with van der Waals surface area (Å²) < 4.78 is 6.56. The van der Waals surface area contributed by atoms with Gasteiger partial charge in [0.1, 0.15) is 11.2 Å². The fraction of sp³-hybridized carbons (Fsp3) is 0.556. The minimum absolute atomic E-state index is 0.0697. The minimum atomic E-state index is -1.22. The zero-order chi connectivity index (χ0) is 25.2. The fourth-order valence-electron chi connectivity index (χ4n) is 5.31. The molecule has 4 rings (SSSR count). The van der Waals surface area contributed by atoms with Crippen molar-refractivity contribution >= 4 is 23.5 Å². The Balaban J connectivity index is 1.73. The summed E-state index contributed by atoms with van der Waals surface area (Å²) >= 11 is 0. The lowest BCUT2D eigenvalue weighted by molar-refractivity contribution is -0.127. The Labute approximate surface area is 207 Å². The van der Waals surface area contributed by atoms with Crippen LogP contribution in [0.2, 0.25) is 0 Å². The van der Waals surface area contributed by atoms with Gasteiger partial charge in [0.05, 0.1) is 13.2 Å². The van der Waals surface area contributed by atoms with Crippen LogP contribution in [0.25, 0.3) is 0 Å². The van der Waals surface area contributed by atoms with E-state index >= 15 is 0 Å². The van der Waals surface area contributed by atoms with Gasteiger partial charge in [0, 0.05) is 17.8 Å². The van der Waals surface area contributed by atoms with Crippen LogP contribution in [0.5, 0.6) is 0 Å². The van der Waals surface area contributed by atoms with Crippen LogP contribution in [0.1, 0.15) is 90.9 Å². The first kappa shape index (κ1) is 24.9. The average Bonchev–Trinajstić information content (AvgIpc) is 3.19. The van der Waals surface area contributed by atoms with Crippen LogP contribution in [-0.2, 0) is 16.1 Å². The molecule has 2 aliphatic rings. The number of aromatic nitrogens is 2. The second kappa shape index (κ2) is 10.2. The topological polar surface area (TPSA) is 93.5 Å². The molecule has 1 saturated carbocycles. The van der Waals surface area contributed by atoms with Crippen LogP contribution in [-0.4, -0.2) is 45.8 Å². The molecule has 2 amide bonds. The molecule has 1 aromatic heterocycles. The van der Waals surface area contributed by atoms with E-state index in [4.69, 9.17) is 4.74 Å². The van der Waals surface area contributed by atoms with E-state index in [0.717, 1.165) is 36.8 Å². The van der Waals surface area contributed by atoms with E-state index in [1.165, 1.54) is 30.0 Å².